The molecule has 3 heteroatoms. The van der Waals surface area contributed by atoms with Crippen molar-refractivity contribution in [2.75, 3.05) is 5.33 Å². The first kappa shape index (κ1) is 13.0. The van der Waals surface area contributed by atoms with E-state index < -0.39 is 0 Å². The molecule has 0 aromatic carbocycles. The van der Waals surface area contributed by atoms with Gasteiger partial charge in [0.25, 0.3) is 0 Å². The van der Waals surface area contributed by atoms with Crippen LogP contribution in [0.5, 0.6) is 0 Å². The fourth-order valence-corrected chi connectivity index (χ4v) is 2.82. The normalized spacial score (nSPS) is 19.5. The molecule has 1 saturated carbocycles. The molecule has 1 aliphatic carbocycles. The number of halogens is 1. The highest BCUT2D eigenvalue weighted by molar-refractivity contribution is 9.09. The highest BCUT2D eigenvalue weighted by Crippen LogP contribution is 2.31. The molecule has 2 nitrogen and oxygen atoms in total. The molecule has 0 atom stereocenters. The molecule has 0 saturated heterocycles. The van der Waals surface area contributed by atoms with E-state index in [4.69, 9.17) is 0 Å². The zero-order valence-corrected chi connectivity index (χ0v) is 11.4. The topological polar surface area (TPSA) is 29.1 Å². The average molecular weight is 276 g/mol. The van der Waals surface area contributed by atoms with Crippen LogP contribution in [-0.4, -0.2) is 16.8 Å². The van der Waals surface area contributed by atoms with E-state index in [-0.39, 0.29) is 11.4 Å². The van der Waals surface area contributed by atoms with Crippen LogP contribution in [0.3, 0.4) is 0 Å². The van der Waals surface area contributed by atoms with E-state index in [0.717, 1.165) is 24.6 Å². The molecule has 0 aromatic rings. The number of carbonyl (C=O) groups excluding carboxylic acids is 1. The van der Waals surface area contributed by atoms with Crippen LogP contribution in [-0.2, 0) is 4.79 Å². The van der Waals surface area contributed by atoms with E-state index in [1.807, 2.05) is 0 Å². The second-order valence-corrected chi connectivity index (χ2v) is 5.66. The molecule has 88 valence electrons. The van der Waals surface area contributed by atoms with Gasteiger partial charge >= 0.3 is 0 Å². The Labute approximate surface area is 101 Å². The van der Waals surface area contributed by atoms with Gasteiger partial charge in [-0.1, -0.05) is 42.6 Å². The monoisotopic (exact) mass is 275 g/mol. The van der Waals surface area contributed by atoms with Gasteiger partial charge in [0, 0.05) is 17.3 Å². The summed E-state index contributed by atoms with van der Waals surface area (Å²) in [5.74, 6) is 0.837. The van der Waals surface area contributed by atoms with Crippen molar-refractivity contribution >= 4 is 21.8 Å². The standard InChI is InChI=1S/C12H22BrNO/c1-10(2)5-6-11(15)14-12(9-13)7-3-4-8-12/h10H,3-9H2,1-2H3,(H,14,15). The quantitative estimate of drug-likeness (QED) is 0.767. The fraction of sp³-hybridized carbons (Fsp3) is 0.917. The summed E-state index contributed by atoms with van der Waals surface area (Å²) in [6.07, 6.45) is 6.42. The first-order chi connectivity index (χ1) is 7.08. The van der Waals surface area contributed by atoms with Gasteiger partial charge < -0.3 is 5.32 Å². The van der Waals surface area contributed by atoms with Crippen molar-refractivity contribution in [2.45, 2.75) is 57.9 Å². The minimum absolute atomic E-state index is 0.0636. The molecular weight excluding hydrogens is 254 g/mol. The molecule has 1 amide bonds. The molecule has 0 heterocycles. The molecule has 0 unspecified atom stereocenters. The lowest BCUT2D eigenvalue weighted by molar-refractivity contribution is -0.123. The average Bonchev–Trinajstić information content (AvgIpc) is 2.64. The lowest BCUT2D eigenvalue weighted by atomic mass is 9.99. The number of nitrogens with one attached hydrogen (secondary N) is 1. The van der Waals surface area contributed by atoms with Crippen molar-refractivity contribution in [3.8, 4) is 0 Å². The van der Waals surface area contributed by atoms with Gasteiger partial charge in [-0.3, -0.25) is 4.79 Å². The van der Waals surface area contributed by atoms with Crippen molar-refractivity contribution in [1.82, 2.24) is 5.32 Å². The van der Waals surface area contributed by atoms with Crippen LogP contribution < -0.4 is 5.32 Å². The summed E-state index contributed by atoms with van der Waals surface area (Å²) < 4.78 is 0. The maximum absolute atomic E-state index is 11.7. The number of alkyl halides is 1. The first-order valence-corrected chi connectivity index (χ1v) is 7.07. The van der Waals surface area contributed by atoms with Crippen molar-refractivity contribution in [1.29, 1.82) is 0 Å². The second kappa shape index (κ2) is 5.88. The number of hydrogen-bond donors (Lipinski definition) is 1. The number of hydrogen-bond acceptors (Lipinski definition) is 1. The minimum atomic E-state index is 0.0636. The Morgan fingerprint density at radius 3 is 2.47 bits per heavy atom. The van der Waals surface area contributed by atoms with Crippen LogP contribution in [0.1, 0.15) is 52.4 Å². The van der Waals surface area contributed by atoms with Gasteiger partial charge in [-0.05, 0) is 25.2 Å². The molecule has 0 spiro atoms. The summed E-state index contributed by atoms with van der Waals surface area (Å²) in [5.41, 5.74) is 0.0636. The summed E-state index contributed by atoms with van der Waals surface area (Å²) in [6, 6.07) is 0. The van der Waals surface area contributed by atoms with Crippen LogP contribution in [0.4, 0.5) is 0 Å². The minimum Gasteiger partial charge on any atom is -0.350 e. The van der Waals surface area contributed by atoms with Crippen LogP contribution in [0.25, 0.3) is 0 Å². The Kier molecular flexibility index (Phi) is 5.10. The SMILES string of the molecule is CC(C)CCC(=O)NC1(CBr)CCCC1. The molecule has 1 N–H and O–H groups in total. The molecule has 0 bridgehead atoms. The van der Waals surface area contributed by atoms with Crippen LogP contribution in [0, 0.1) is 5.92 Å². The van der Waals surface area contributed by atoms with Gasteiger partial charge in [0.1, 0.15) is 0 Å². The largest absolute Gasteiger partial charge is 0.350 e. The molecular formula is C12H22BrNO. The molecule has 0 aliphatic heterocycles. The number of carbonyl (C=O) groups is 1. The van der Waals surface area contributed by atoms with Gasteiger partial charge in [-0.15, -0.1) is 0 Å². The number of rotatable bonds is 5. The summed E-state index contributed by atoms with van der Waals surface area (Å²) in [6.45, 7) is 4.31. The van der Waals surface area contributed by atoms with Gasteiger partial charge in [0.15, 0.2) is 0 Å². The first-order valence-electron chi connectivity index (χ1n) is 5.95. The Balaban J connectivity index is 2.35. The van der Waals surface area contributed by atoms with Crippen molar-refractivity contribution in [3.05, 3.63) is 0 Å². The predicted molar refractivity (Wildman–Crippen MR) is 67.2 cm³/mol. The zero-order chi connectivity index (χ0) is 11.3. The Bertz CT molecular complexity index is 210. The molecule has 15 heavy (non-hydrogen) atoms. The molecule has 0 radical (unpaired) electrons. The highest BCUT2D eigenvalue weighted by atomic mass is 79.9. The van der Waals surface area contributed by atoms with Gasteiger partial charge in [-0.25, -0.2) is 0 Å². The van der Waals surface area contributed by atoms with E-state index in [9.17, 15) is 4.79 Å². The zero-order valence-electron chi connectivity index (χ0n) is 9.81. The third-order valence-electron chi connectivity index (χ3n) is 3.17. The maximum Gasteiger partial charge on any atom is 0.220 e. The van der Waals surface area contributed by atoms with E-state index in [0.29, 0.717) is 12.3 Å². The molecule has 1 aliphatic rings. The van der Waals surface area contributed by atoms with Crippen molar-refractivity contribution < 1.29 is 4.79 Å². The Morgan fingerprint density at radius 2 is 2.00 bits per heavy atom. The van der Waals surface area contributed by atoms with Gasteiger partial charge in [0.05, 0.1) is 0 Å². The van der Waals surface area contributed by atoms with E-state index >= 15 is 0 Å². The molecule has 1 fully saturated rings. The lowest BCUT2D eigenvalue weighted by Crippen LogP contribution is -2.47. The van der Waals surface area contributed by atoms with E-state index in [1.54, 1.807) is 0 Å². The maximum atomic E-state index is 11.7. The fourth-order valence-electron chi connectivity index (χ4n) is 2.12. The van der Waals surface area contributed by atoms with Gasteiger partial charge in [-0.2, -0.15) is 0 Å². The summed E-state index contributed by atoms with van der Waals surface area (Å²) in [4.78, 5) is 11.7. The van der Waals surface area contributed by atoms with Crippen molar-refractivity contribution in [3.63, 3.8) is 0 Å². The molecule has 0 aromatic heterocycles. The summed E-state index contributed by atoms with van der Waals surface area (Å²) >= 11 is 3.53. The second-order valence-electron chi connectivity index (χ2n) is 5.10. The summed E-state index contributed by atoms with van der Waals surface area (Å²) in [7, 11) is 0. The Morgan fingerprint density at radius 1 is 1.40 bits per heavy atom. The third-order valence-corrected chi connectivity index (χ3v) is 4.24. The Hall–Kier alpha value is -0.0500. The van der Waals surface area contributed by atoms with Gasteiger partial charge in [0.2, 0.25) is 5.91 Å². The van der Waals surface area contributed by atoms with Crippen LogP contribution in [0.15, 0.2) is 0 Å². The van der Waals surface area contributed by atoms with Crippen LogP contribution in [0.2, 0.25) is 0 Å². The van der Waals surface area contributed by atoms with E-state index in [1.165, 1.54) is 12.8 Å². The van der Waals surface area contributed by atoms with E-state index in [2.05, 4.69) is 35.1 Å². The predicted octanol–water partition coefficient (Wildman–Crippen LogP) is 3.25. The van der Waals surface area contributed by atoms with Crippen LogP contribution >= 0.6 is 15.9 Å². The molecule has 1 rings (SSSR count). The lowest BCUT2D eigenvalue weighted by Gasteiger charge is -2.28. The smallest absolute Gasteiger partial charge is 0.220 e. The summed E-state index contributed by atoms with van der Waals surface area (Å²) in [5, 5.41) is 4.11. The highest BCUT2D eigenvalue weighted by Gasteiger charge is 2.33. The number of amides is 1. The van der Waals surface area contributed by atoms with Crippen molar-refractivity contribution in [2.24, 2.45) is 5.92 Å². The third kappa shape index (κ3) is 4.13.